The van der Waals surface area contributed by atoms with Crippen LogP contribution in [0.5, 0.6) is 0 Å². The Morgan fingerprint density at radius 2 is 1.02 bits per heavy atom. The molecule has 6 aromatic rings. The Kier molecular flexibility index (Phi) is 18.7. The van der Waals surface area contributed by atoms with Gasteiger partial charge in [0.25, 0.3) is 0 Å². The zero-order valence-electron chi connectivity index (χ0n) is 33.8. The monoisotopic (exact) mass is 902 g/mol. The molecule has 0 aromatic heterocycles. The van der Waals surface area contributed by atoms with Crippen LogP contribution in [0.25, 0.3) is 43.8 Å². The fourth-order valence-corrected chi connectivity index (χ4v) is 9.07. The molecule has 0 N–H and O–H groups in total. The van der Waals surface area contributed by atoms with Crippen molar-refractivity contribution >= 4 is 48.1 Å². The van der Waals surface area contributed by atoms with Crippen LogP contribution in [-0.4, -0.2) is 15.7 Å². The maximum absolute atomic E-state index is 11.2. The van der Waals surface area contributed by atoms with Gasteiger partial charge in [-0.15, -0.1) is 69.1 Å². The number of rotatable bonds is 10. The third kappa shape index (κ3) is 14.1. The summed E-state index contributed by atoms with van der Waals surface area (Å²) < 4.78 is 33.7. The molecule has 0 amide bonds. The van der Waals surface area contributed by atoms with Crippen LogP contribution in [0, 0.1) is 11.8 Å². The summed E-state index contributed by atoms with van der Waals surface area (Å²) in [6.07, 6.45) is 11.6. The third-order valence-electron chi connectivity index (χ3n) is 11.6. The minimum atomic E-state index is -3.94. The normalized spacial score (nSPS) is 14.4. The molecule has 0 spiro atoms. The Labute approximate surface area is 361 Å². The number of benzene rings is 4. The van der Waals surface area contributed by atoms with Gasteiger partial charge in [0.2, 0.25) is 0 Å². The molecule has 2 aliphatic rings. The molecule has 0 saturated heterocycles. The molecule has 2 aliphatic carbocycles. The molecule has 7 heteroatoms. The summed E-state index contributed by atoms with van der Waals surface area (Å²) >= 11 is -0.826. The van der Waals surface area contributed by atoms with E-state index in [1.807, 2.05) is 0 Å². The topological polar surface area (TPSA) is 0 Å². The van der Waals surface area contributed by atoms with E-state index in [4.69, 9.17) is 17.0 Å². The predicted octanol–water partition coefficient (Wildman–Crippen LogP) is 16.5. The van der Waals surface area contributed by atoms with Gasteiger partial charge in [-0.05, 0) is 59.8 Å². The molecule has 0 nitrogen and oxygen atoms in total. The Morgan fingerprint density at radius 3 is 1.33 bits per heavy atom. The second-order valence-corrected chi connectivity index (χ2v) is 20.6. The molecular weight excluding hydrogens is 848 g/mol. The molecule has 0 aliphatic heterocycles. The molecule has 0 unspecified atom stereocenters. The van der Waals surface area contributed by atoms with Crippen LogP contribution >= 0.6 is 17.0 Å². The summed E-state index contributed by atoms with van der Waals surface area (Å²) in [5, 5.41) is 5.64. The Bertz CT molecular complexity index is 1910. The van der Waals surface area contributed by atoms with Gasteiger partial charge in [-0.2, -0.15) is 25.3 Å². The van der Waals surface area contributed by atoms with Crippen LogP contribution in [0.2, 0.25) is 12.6 Å². The van der Waals surface area contributed by atoms with Crippen molar-refractivity contribution in [1.29, 1.82) is 0 Å². The summed E-state index contributed by atoms with van der Waals surface area (Å²) in [6.45, 7) is 6.19. The van der Waals surface area contributed by atoms with Gasteiger partial charge in [0.15, 0.2) is 0 Å². The zero-order chi connectivity index (χ0) is 40.6. The van der Waals surface area contributed by atoms with E-state index in [1.54, 1.807) is 6.55 Å². The summed E-state index contributed by atoms with van der Waals surface area (Å²) in [6, 6.07) is 41.6. The van der Waals surface area contributed by atoms with Crippen LogP contribution in [0.15, 0.2) is 109 Å². The van der Waals surface area contributed by atoms with Crippen molar-refractivity contribution in [2.75, 3.05) is 0 Å². The van der Waals surface area contributed by atoms with Crippen molar-refractivity contribution in [3.63, 3.8) is 0 Å². The van der Waals surface area contributed by atoms with Crippen molar-refractivity contribution in [1.82, 2.24) is 0 Å². The Hall–Kier alpha value is -2.43. The van der Waals surface area contributed by atoms with Crippen LogP contribution < -0.4 is 0 Å². The van der Waals surface area contributed by atoms with E-state index in [-0.39, 0.29) is 6.04 Å². The maximum atomic E-state index is 11.2. The second-order valence-electron chi connectivity index (χ2n) is 15.7. The standard InChI is InChI=1S/2C23H25.C4H7F3Si.2ClH.Zr/c2*1-2-17-10-12-20(13-11-17)22-9-5-8-21-15-19(16-23(21)22)14-18-6-3-4-7-18;1-8-3-2-4(5,6)7;;;/h2*5,8-13,15-16,18H,2-4,6-7,14H2,1H3;2-3H2,1H3;2*1H;/q2*-1;;;;+4/p-2. The molecule has 2 fully saturated rings. The van der Waals surface area contributed by atoms with E-state index < -0.39 is 33.4 Å². The molecule has 0 atom stereocenters. The zero-order valence-corrected chi connectivity index (χ0v) is 38.8. The first-order valence-corrected chi connectivity index (χ1v) is 28.9. The van der Waals surface area contributed by atoms with Gasteiger partial charge in [0.05, 0.1) is 0 Å². The van der Waals surface area contributed by atoms with Crippen molar-refractivity contribution < 1.29 is 34.0 Å². The van der Waals surface area contributed by atoms with Crippen LogP contribution in [0.4, 0.5) is 13.2 Å². The minimum absolute atomic E-state index is 0.281. The van der Waals surface area contributed by atoms with Gasteiger partial charge < -0.3 is 0 Å². The molecule has 2 radical (unpaired) electrons. The molecule has 300 valence electrons. The summed E-state index contributed by atoms with van der Waals surface area (Å²) in [5.41, 5.74) is 11.3. The third-order valence-corrected chi connectivity index (χ3v) is 12.4. The van der Waals surface area contributed by atoms with Crippen LogP contribution in [0.1, 0.15) is 93.9 Å². The van der Waals surface area contributed by atoms with Gasteiger partial charge in [-0.1, -0.05) is 150 Å². The van der Waals surface area contributed by atoms with Gasteiger partial charge in [-0.25, -0.2) is 0 Å². The van der Waals surface area contributed by atoms with E-state index in [0.717, 1.165) is 24.7 Å². The molecular formula is C50H57Cl2F3SiZr. The van der Waals surface area contributed by atoms with Crippen LogP contribution in [-0.2, 0) is 46.5 Å². The first-order valence-electron chi connectivity index (χ1n) is 20.9. The first kappa shape index (κ1) is 45.7. The average molecular weight is 905 g/mol. The van der Waals surface area contributed by atoms with Gasteiger partial charge in [-0.3, -0.25) is 0 Å². The molecule has 6 aromatic carbocycles. The first-order chi connectivity index (χ1) is 27.6. The Balaban J connectivity index is 0.000000174. The predicted molar refractivity (Wildman–Crippen MR) is 239 cm³/mol. The molecule has 2 saturated carbocycles. The number of aryl methyl sites for hydroxylation is 2. The molecule has 0 heterocycles. The number of fused-ring (bicyclic) bond motifs is 2. The molecule has 57 heavy (non-hydrogen) atoms. The van der Waals surface area contributed by atoms with E-state index in [1.165, 1.54) is 130 Å². The van der Waals surface area contributed by atoms with E-state index in [2.05, 4.69) is 123 Å². The number of hydrogen-bond donors (Lipinski definition) is 0. The summed E-state index contributed by atoms with van der Waals surface area (Å²) in [5.74, 6) is 1.83. The number of hydrogen-bond acceptors (Lipinski definition) is 0. The fourth-order valence-electron chi connectivity index (χ4n) is 8.54. The SMILES string of the molecule is CCc1ccc(-c2cccc3[cH-]c(CC4CCCC4)cc23)cc1.CCc1ccc(-c2cccc3[cH-]c(CC4CCCC4)cc23)cc1.C[Si]CCC(F)(F)F.[Cl][Zr+2][Cl]. The summed E-state index contributed by atoms with van der Waals surface area (Å²) in [7, 11) is 10.3. The molecule has 0 bridgehead atoms. The fraction of sp³-hybridized carbons (Fsp3) is 0.400. The second kappa shape index (κ2) is 23.4. The van der Waals surface area contributed by atoms with Crippen molar-refractivity contribution in [3.8, 4) is 22.3 Å². The van der Waals surface area contributed by atoms with E-state index in [9.17, 15) is 13.2 Å². The number of alkyl halides is 3. The Morgan fingerprint density at radius 1 is 0.632 bits per heavy atom. The van der Waals surface area contributed by atoms with Gasteiger partial charge in [0, 0.05) is 15.9 Å². The van der Waals surface area contributed by atoms with E-state index in [0.29, 0.717) is 9.52 Å². The van der Waals surface area contributed by atoms with Gasteiger partial charge >= 0.3 is 44.1 Å². The van der Waals surface area contributed by atoms with Crippen molar-refractivity contribution in [2.24, 2.45) is 11.8 Å². The summed E-state index contributed by atoms with van der Waals surface area (Å²) in [4.78, 5) is 0. The van der Waals surface area contributed by atoms with Crippen molar-refractivity contribution in [3.05, 3.63) is 131 Å². The van der Waals surface area contributed by atoms with Gasteiger partial charge in [0.1, 0.15) is 0 Å². The quantitative estimate of drug-likeness (QED) is 0.0949. The van der Waals surface area contributed by atoms with Crippen molar-refractivity contribution in [2.45, 2.75) is 116 Å². The van der Waals surface area contributed by atoms with E-state index >= 15 is 0 Å². The average Bonchev–Trinajstić information content (AvgIpc) is 4.06. The molecule has 8 rings (SSSR count). The van der Waals surface area contributed by atoms with Crippen LogP contribution in [0.3, 0.4) is 0 Å². The number of halogens is 5.